The van der Waals surface area contributed by atoms with Crippen molar-refractivity contribution in [2.45, 2.75) is 6.61 Å². The standard InChI is InChI=1S/C8H16N4O3S/c1-13-2-3-14-4-5-15-6-7-11-12-8(10-9)16-7/h2-6,9H2,1H3,(H,10,12). The van der Waals surface area contributed by atoms with Crippen LogP contribution in [-0.2, 0) is 20.8 Å². The smallest absolute Gasteiger partial charge is 0.219 e. The molecule has 3 N–H and O–H groups in total. The zero-order valence-electron chi connectivity index (χ0n) is 9.14. The second kappa shape index (κ2) is 8.36. The monoisotopic (exact) mass is 248 g/mol. The van der Waals surface area contributed by atoms with Crippen LogP contribution in [0.1, 0.15) is 5.01 Å². The summed E-state index contributed by atoms with van der Waals surface area (Å²) in [6, 6.07) is 0. The summed E-state index contributed by atoms with van der Waals surface area (Å²) in [5.41, 5.74) is 2.42. The van der Waals surface area contributed by atoms with Gasteiger partial charge in [0, 0.05) is 7.11 Å². The van der Waals surface area contributed by atoms with Crippen LogP contribution in [0.5, 0.6) is 0 Å². The van der Waals surface area contributed by atoms with Gasteiger partial charge in [-0.2, -0.15) is 0 Å². The van der Waals surface area contributed by atoms with Crippen molar-refractivity contribution in [1.82, 2.24) is 10.2 Å². The van der Waals surface area contributed by atoms with Crippen molar-refractivity contribution >= 4 is 16.5 Å². The Morgan fingerprint density at radius 3 is 2.62 bits per heavy atom. The van der Waals surface area contributed by atoms with Crippen molar-refractivity contribution in [3.05, 3.63) is 5.01 Å². The fourth-order valence-corrected chi connectivity index (χ4v) is 1.48. The average Bonchev–Trinajstić information content (AvgIpc) is 2.76. The van der Waals surface area contributed by atoms with Crippen molar-refractivity contribution in [1.29, 1.82) is 0 Å². The number of nitrogens with two attached hydrogens (primary N) is 1. The molecule has 1 aromatic heterocycles. The molecule has 0 aliphatic carbocycles. The number of methoxy groups -OCH3 is 1. The number of anilines is 1. The van der Waals surface area contributed by atoms with Crippen LogP contribution in [-0.4, -0.2) is 43.7 Å². The number of rotatable bonds is 9. The summed E-state index contributed by atoms with van der Waals surface area (Å²) in [7, 11) is 1.64. The van der Waals surface area contributed by atoms with Gasteiger partial charge >= 0.3 is 0 Å². The number of hydrogen-bond donors (Lipinski definition) is 2. The molecule has 0 spiro atoms. The van der Waals surface area contributed by atoms with E-state index < -0.39 is 0 Å². The maximum Gasteiger partial charge on any atom is 0.219 e. The first kappa shape index (κ1) is 13.3. The summed E-state index contributed by atoms with van der Waals surface area (Å²) in [5.74, 6) is 5.17. The molecular weight excluding hydrogens is 232 g/mol. The van der Waals surface area contributed by atoms with Crippen LogP contribution in [0, 0.1) is 0 Å². The van der Waals surface area contributed by atoms with Crippen LogP contribution in [0.2, 0.25) is 0 Å². The average molecular weight is 248 g/mol. The SMILES string of the molecule is COCCOCCOCc1nnc(NN)s1. The van der Waals surface area contributed by atoms with Gasteiger partial charge in [-0.15, -0.1) is 10.2 Å². The first-order valence-corrected chi connectivity index (χ1v) is 5.62. The van der Waals surface area contributed by atoms with Crippen LogP contribution in [0.15, 0.2) is 0 Å². The largest absolute Gasteiger partial charge is 0.382 e. The number of hydrogen-bond acceptors (Lipinski definition) is 8. The lowest BCUT2D eigenvalue weighted by Crippen LogP contribution is -2.08. The minimum absolute atomic E-state index is 0.424. The summed E-state index contributed by atoms with van der Waals surface area (Å²) < 4.78 is 15.4. The van der Waals surface area contributed by atoms with Crippen LogP contribution in [0.4, 0.5) is 5.13 Å². The van der Waals surface area contributed by atoms with E-state index in [9.17, 15) is 0 Å². The van der Waals surface area contributed by atoms with Gasteiger partial charge in [-0.25, -0.2) is 5.84 Å². The maximum absolute atomic E-state index is 5.33. The molecule has 1 aromatic rings. The van der Waals surface area contributed by atoms with Crippen molar-refractivity contribution in [2.24, 2.45) is 5.84 Å². The van der Waals surface area contributed by atoms with E-state index >= 15 is 0 Å². The van der Waals surface area contributed by atoms with Crippen molar-refractivity contribution in [2.75, 3.05) is 39.0 Å². The zero-order valence-corrected chi connectivity index (χ0v) is 9.96. The van der Waals surface area contributed by atoms with E-state index in [0.717, 1.165) is 5.01 Å². The highest BCUT2D eigenvalue weighted by atomic mass is 32.1. The molecule has 0 saturated heterocycles. The van der Waals surface area contributed by atoms with Gasteiger partial charge < -0.3 is 14.2 Å². The summed E-state index contributed by atoms with van der Waals surface area (Å²) in [5, 5.41) is 9.01. The highest BCUT2D eigenvalue weighted by Gasteiger charge is 2.01. The highest BCUT2D eigenvalue weighted by Crippen LogP contribution is 2.13. The van der Waals surface area contributed by atoms with E-state index in [1.807, 2.05) is 0 Å². The molecule has 0 aromatic carbocycles. The Kier molecular flexibility index (Phi) is 6.93. The molecule has 1 rings (SSSR count). The van der Waals surface area contributed by atoms with E-state index in [2.05, 4.69) is 15.6 Å². The van der Waals surface area contributed by atoms with Gasteiger partial charge in [0.15, 0.2) is 0 Å². The molecule has 0 atom stereocenters. The molecule has 0 radical (unpaired) electrons. The lowest BCUT2D eigenvalue weighted by molar-refractivity contribution is 0.0198. The Morgan fingerprint density at radius 2 is 1.94 bits per heavy atom. The molecule has 0 fully saturated rings. The number of nitrogens with one attached hydrogen (secondary N) is 1. The maximum atomic E-state index is 5.33. The molecule has 7 nitrogen and oxygen atoms in total. The van der Waals surface area contributed by atoms with Gasteiger partial charge in [-0.3, -0.25) is 5.43 Å². The van der Waals surface area contributed by atoms with E-state index in [-0.39, 0.29) is 0 Å². The topological polar surface area (TPSA) is 91.5 Å². The van der Waals surface area contributed by atoms with E-state index in [4.69, 9.17) is 20.1 Å². The predicted octanol–water partition coefficient (Wildman–Crippen LogP) is 0.00330. The number of ether oxygens (including phenoxy) is 3. The molecular formula is C8H16N4O3S. The Balaban J connectivity index is 1.98. The predicted molar refractivity (Wildman–Crippen MR) is 60.1 cm³/mol. The summed E-state index contributed by atoms with van der Waals surface area (Å²) >= 11 is 1.36. The normalized spacial score (nSPS) is 10.6. The molecule has 92 valence electrons. The fraction of sp³-hybridized carbons (Fsp3) is 0.750. The Morgan fingerprint density at radius 1 is 1.19 bits per heavy atom. The van der Waals surface area contributed by atoms with Crippen LogP contribution < -0.4 is 11.3 Å². The third kappa shape index (κ3) is 5.33. The van der Waals surface area contributed by atoms with Gasteiger partial charge in [0.2, 0.25) is 5.13 Å². The van der Waals surface area contributed by atoms with E-state index in [1.54, 1.807) is 7.11 Å². The lowest BCUT2D eigenvalue weighted by Gasteiger charge is -2.03. The van der Waals surface area contributed by atoms with Gasteiger partial charge in [-0.05, 0) is 0 Å². The van der Waals surface area contributed by atoms with Crippen LogP contribution in [0.25, 0.3) is 0 Å². The number of hydrazine groups is 1. The van der Waals surface area contributed by atoms with E-state index in [0.29, 0.717) is 38.2 Å². The van der Waals surface area contributed by atoms with Crippen molar-refractivity contribution in [3.63, 3.8) is 0 Å². The quantitative estimate of drug-likeness (QED) is 0.361. The molecule has 0 aliphatic heterocycles. The van der Waals surface area contributed by atoms with Crippen LogP contribution in [0.3, 0.4) is 0 Å². The van der Waals surface area contributed by atoms with Crippen molar-refractivity contribution < 1.29 is 14.2 Å². The molecule has 16 heavy (non-hydrogen) atoms. The minimum Gasteiger partial charge on any atom is -0.382 e. The number of aromatic nitrogens is 2. The van der Waals surface area contributed by atoms with Crippen molar-refractivity contribution in [3.8, 4) is 0 Å². The molecule has 8 heteroatoms. The molecule has 1 heterocycles. The Labute approximate surface area is 97.9 Å². The third-order valence-electron chi connectivity index (χ3n) is 1.62. The van der Waals surface area contributed by atoms with Gasteiger partial charge in [0.05, 0.1) is 26.4 Å². The highest BCUT2D eigenvalue weighted by molar-refractivity contribution is 7.15. The van der Waals surface area contributed by atoms with Crippen LogP contribution >= 0.6 is 11.3 Å². The molecule has 0 unspecified atom stereocenters. The van der Waals surface area contributed by atoms with Gasteiger partial charge in [-0.1, -0.05) is 11.3 Å². The second-order valence-electron chi connectivity index (χ2n) is 2.80. The molecule has 0 saturated carbocycles. The van der Waals surface area contributed by atoms with Gasteiger partial charge in [0.25, 0.3) is 0 Å². The first-order valence-electron chi connectivity index (χ1n) is 4.80. The summed E-state index contributed by atoms with van der Waals surface area (Å²) in [6.07, 6.45) is 0. The van der Waals surface area contributed by atoms with E-state index in [1.165, 1.54) is 11.3 Å². The number of nitrogens with zero attached hydrogens (tertiary/aromatic N) is 2. The second-order valence-corrected chi connectivity index (χ2v) is 3.87. The summed E-state index contributed by atoms with van der Waals surface area (Å²) in [6.45, 7) is 2.67. The van der Waals surface area contributed by atoms with Gasteiger partial charge in [0.1, 0.15) is 11.6 Å². The Bertz CT molecular complexity index is 284. The lowest BCUT2D eigenvalue weighted by atomic mass is 10.7. The third-order valence-corrected chi connectivity index (χ3v) is 2.45. The molecule has 0 bridgehead atoms. The zero-order chi connectivity index (χ0) is 11.6. The summed E-state index contributed by atoms with van der Waals surface area (Å²) in [4.78, 5) is 0. The number of nitrogen functional groups attached to an aromatic ring is 1. The first-order chi connectivity index (χ1) is 7.86. The minimum atomic E-state index is 0.424. The Hall–Kier alpha value is -0.800. The molecule has 0 amide bonds. The fourth-order valence-electron chi connectivity index (χ4n) is 0.892. The molecule has 0 aliphatic rings.